The fourth-order valence-corrected chi connectivity index (χ4v) is 1.25. The largest absolute Gasteiger partial charge is 0.481 e. The molecule has 72 valence electrons. The molecule has 1 atom stereocenters. The van der Waals surface area contributed by atoms with Crippen molar-refractivity contribution in [2.45, 2.75) is 52.1 Å². The van der Waals surface area contributed by atoms with Crippen molar-refractivity contribution in [2.24, 2.45) is 0 Å². The Morgan fingerprint density at radius 1 is 1.42 bits per heavy atom. The summed E-state index contributed by atoms with van der Waals surface area (Å²) in [5.74, 6) is -0.735. The molecule has 0 spiro atoms. The molecule has 0 fully saturated rings. The van der Waals surface area contributed by atoms with Gasteiger partial charge < -0.3 is 10.4 Å². The second-order valence-electron chi connectivity index (χ2n) is 3.18. The molecule has 0 aliphatic heterocycles. The van der Waals surface area contributed by atoms with Crippen LogP contribution in [0.5, 0.6) is 0 Å². The molecule has 0 saturated heterocycles. The van der Waals surface area contributed by atoms with Crippen molar-refractivity contribution in [3.8, 4) is 0 Å². The predicted molar refractivity (Wildman–Crippen MR) is 49.2 cm³/mol. The molecule has 0 aromatic carbocycles. The number of carboxylic acid groups (broad SMARTS) is 1. The van der Waals surface area contributed by atoms with Crippen LogP contribution in [0.15, 0.2) is 0 Å². The molecule has 12 heavy (non-hydrogen) atoms. The molecule has 1 unspecified atom stereocenters. The molecule has 0 aromatic rings. The van der Waals surface area contributed by atoms with Crippen LogP contribution in [0.4, 0.5) is 0 Å². The van der Waals surface area contributed by atoms with Gasteiger partial charge in [-0.2, -0.15) is 0 Å². The highest BCUT2D eigenvalue weighted by Crippen LogP contribution is 2.00. The first-order valence-electron chi connectivity index (χ1n) is 4.57. The lowest BCUT2D eigenvalue weighted by atomic mass is 10.1. The van der Waals surface area contributed by atoms with E-state index >= 15 is 0 Å². The Balaban J connectivity index is 3.65. The van der Waals surface area contributed by atoms with Crippen molar-refractivity contribution in [3.63, 3.8) is 0 Å². The summed E-state index contributed by atoms with van der Waals surface area (Å²) >= 11 is 0. The van der Waals surface area contributed by atoms with Gasteiger partial charge in [-0.1, -0.05) is 13.8 Å². The van der Waals surface area contributed by atoms with E-state index in [0.29, 0.717) is 6.04 Å². The van der Waals surface area contributed by atoms with Gasteiger partial charge in [0, 0.05) is 12.1 Å². The van der Waals surface area contributed by atoms with E-state index in [4.69, 9.17) is 5.11 Å². The predicted octanol–water partition coefficient (Wildman–Crippen LogP) is 1.63. The summed E-state index contributed by atoms with van der Waals surface area (Å²) in [4.78, 5) is 10.3. The first-order valence-corrected chi connectivity index (χ1v) is 4.57. The number of carboxylic acids is 1. The van der Waals surface area contributed by atoms with E-state index in [9.17, 15) is 4.79 Å². The number of carbonyl (C=O) groups is 1. The minimum atomic E-state index is -0.735. The Labute approximate surface area is 74.2 Å². The van der Waals surface area contributed by atoms with Crippen LogP contribution in [-0.4, -0.2) is 23.2 Å². The maximum Gasteiger partial charge on any atom is 0.304 e. The van der Waals surface area contributed by atoms with Crippen LogP contribution in [0.25, 0.3) is 0 Å². The van der Waals surface area contributed by atoms with Crippen LogP contribution in [0.2, 0.25) is 0 Å². The third-order valence-electron chi connectivity index (χ3n) is 1.99. The zero-order chi connectivity index (χ0) is 9.56. The summed E-state index contributed by atoms with van der Waals surface area (Å²) in [7, 11) is 0. The average Bonchev–Trinajstić information content (AvgIpc) is 1.98. The molecule has 0 aliphatic rings. The van der Waals surface area contributed by atoms with Crippen molar-refractivity contribution >= 4 is 5.97 Å². The maximum absolute atomic E-state index is 10.3. The summed E-state index contributed by atoms with van der Waals surface area (Å²) in [6.07, 6.45) is 2.32. The minimum absolute atomic E-state index is 0.0763. The topological polar surface area (TPSA) is 49.3 Å². The Bertz CT molecular complexity index is 132. The first-order chi connectivity index (χ1) is 5.60. The van der Waals surface area contributed by atoms with Gasteiger partial charge >= 0.3 is 5.97 Å². The molecule has 0 heterocycles. The van der Waals surface area contributed by atoms with Crippen LogP contribution >= 0.6 is 0 Å². The third kappa shape index (κ3) is 5.13. The Morgan fingerprint density at radius 2 is 1.92 bits per heavy atom. The van der Waals surface area contributed by atoms with Crippen LogP contribution in [0.1, 0.15) is 40.0 Å². The van der Waals surface area contributed by atoms with Gasteiger partial charge in [0.05, 0.1) is 6.42 Å². The Kier molecular flexibility index (Phi) is 5.72. The van der Waals surface area contributed by atoms with E-state index in [2.05, 4.69) is 19.2 Å². The zero-order valence-corrected chi connectivity index (χ0v) is 8.13. The lowest BCUT2D eigenvalue weighted by Crippen LogP contribution is -2.36. The van der Waals surface area contributed by atoms with Crippen LogP contribution in [-0.2, 0) is 4.79 Å². The van der Waals surface area contributed by atoms with Crippen molar-refractivity contribution in [1.82, 2.24) is 5.32 Å². The molecule has 2 N–H and O–H groups in total. The lowest BCUT2D eigenvalue weighted by molar-refractivity contribution is -0.137. The number of hydrogen-bond donors (Lipinski definition) is 2. The quantitative estimate of drug-likeness (QED) is 0.641. The molecule has 0 bridgehead atoms. The fraction of sp³-hybridized carbons (Fsp3) is 0.889. The van der Waals surface area contributed by atoms with Gasteiger partial charge in [0.15, 0.2) is 0 Å². The van der Waals surface area contributed by atoms with Crippen molar-refractivity contribution < 1.29 is 9.90 Å². The zero-order valence-electron chi connectivity index (χ0n) is 8.13. The Morgan fingerprint density at radius 3 is 2.25 bits per heavy atom. The minimum Gasteiger partial charge on any atom is -0.481 e. The molecule has 0 aromatic heterocycles. The number of aliphatic carboxylic acids is 1. The van der Waals surface area contributed by atoms with E-state index in [0.717, 1.165) is 12.8 Å². The molecule has 0 amide bonds. The normalized spacial score (nSPS) is 13.3. The van der Waals surface area contributed by atoms with Gasteiger partial charge in [-0.15, -0.1) is 0 Å². The Hall–Kier alpha value is -0.570. The number of rotatable bonds is 6. The van der Waals surface area contributed by atoms with Gasteiger partial charge in [-0.05, 0) is 19.8 Å². The van der Waals surface area contributed by atoms with E-state index in [-0.39, 0.29) is 12.5 Å². The average molecular weight is 173 g/mol. The van der Waals surface area contributed by atoms with E-state index in [1.54, 1.807) is 0 Å². The lowest BCUT2D eigenvalue weighted by Gasteiger charge is -2.19. The summed E-state index contributed by atoms with van der Waals surface area (Å²) in [6, 6.07) is 0.534. The smallest absolute Gasteiger partial charge is 0.304 e. The highest BCUT2D eigenvalue weighted by atomic mass is 16.4. The van der Waals surface area contributed by atoms with E-state index in [1.807, 2.05) is 6.92 Å². The molecular weight excluding hydrogens is 154 g/mol. The molecule has 0 radical (unpaired) electrons. The van der Waals surface area contributed by atoms with Gasteiger partial charge in [0.1, 0.15) is 0 Å². The molecule has 3 nitrogen and oxygen atoms in total. The SMILES string of the molecule is CCC(CC)NC(C)CC(=O)O. The van der Waals surface area contributed by atoms with Crippen molar-refractivity contribution in [2.75, 3.05) is 0 Å². The number of hydrogen-bond acceptors (Lipinski definition) is 2. The molecule has 3 heteroatoms. The first kappa shape index (κ1) is 11.4. The standard InChI is InChI=1S/C9H19NO2/c1-4-8(5-2)10-7(3)6-9(11)12/h7-8,10H,4-6H2,1-3H3,(H,11,12). The summed E-state index contributed by atoms with van der Waals surface area (Å²) in [6.45, 7) is 6.12. The van der Waals surface area contributed by atoms with Gasteiger partial charge in [0.25, 0.3) is 0 Å². The second kappa shape index (κ2) is 6.00. The summed E-state index contributed by atoms with van der Waals surface area (Å²) in [5, 5.41) is 11.8. The van der Waals surface area contributed by atoms with Gasteiger partial charge in [-0.3, -0.25) is 4.79 Å². The van der Waals surface area contributed by atoms with Crippen LogP contribution < -0.4 is 5.32 Å². The highest BCUT2D eigenvalue weighted by molar-refractivity contribution is 5.67. The maximum atomic E-state index is 10.3. The molecule has 0 saturated carbocycles. The van der Waals surface area contributed by atoms with Crippen LogP contribution in [0, 0.1) is 0 Å². The highest BCUT2D eigenvalue weighted by Gasteiger charge is 2.10. The van der Waals surface area contributed by atoms with Crippen molar-refractivity contribution in [1.29, 1.82) is 0 Å². The van der Waals surface area contributed by atoms with Gasteiger partial charge in [-0.25, -0.2) is 0 Å². The third-order valence-corrected chi connectivity index (χ3v) is 1.99. The van der Waals surface area contributed by atoms with E-state index in [1.165, 1.54) is 0 Å². The number of nitrogens with one attached hydrogen (secondary N) is 1. The molecule has 0 rings (SSSR count). The van der Waals surface area contributed by atoms with Crippen molar-refractivity contribution in [3.05, 3.63) is 0 Å². The fourth-order valence-electron chi connectivity index (χ4n) is 1.25. The monoisotopic (exact) mass is 173 g/mol. The summed E-state index contributed by atoms with van der Waals surface area (Å²) in [5.41, 5.74) is 0. The molecule has 0 aliphatic carbocycles. The second-order valence-corrected chi connectivity index (χ2v) is 3.18. The summed E-state index contributed by atoms with van der Waals surface area (Å²) < 4.78 is 0. The van der Waals surface area contributed by atoms with Crippen LogP contribution in [0.3, 0.4) is 0 Å². The van der Waals surface area contributed by atoms with E-state index < -0.39 is 5.97 Å². The molecular formula is C9H19NO2. The van der Waals surface area contributed by atoms with Gasteiger partial charge in [0.2, 0.25) is 0 Å².